The zero-order valence-corrected chi connectivity index (χ0v) is 12.5. The largest absolute Gasteiger partial charge is 0.480 e. The van der Waals surface area contributed by atoms with E-state index in [4.69, 9.17) is 9.84 Å². The summed E-state index contributed by atoms with van der Waals surface area (Å²) >= 11 is 0. The van der Waals surface area contributed by atoms with Gasteiger partial charge in [0.15, 0.2) is 0 Å². The number of carbonyl (C=O) groups is 2. The average Bonchev–Trinajstić information content (AvgIpc) is 3.00. The fourth-order valence-electron chi connectivity index (χ4n) is 2.62. The summed E-state index contributed by atoms with van der Waals surface area (Å²) in [5.74, 6) is -0.799. The van der Waals surface area contributed by atoms with Gasteiger partial charge in [0.05, 0.1) is 6.54 Å². The Morgan fingerprint density at radius 2 is 1.90 bits per heavy atom. The molecule has 6 nitrogen and oxygen atoms in total. The molecule has 2 rings (SSSR count). The summed E-state index contributed by atoms with van der Waals surface area (Å²) in [5, 5.41) is 9.00. The van der Waals surface area contributed by atoms with Crippen molar-refractivity contribution in [3.8, 4) is 0 Å². The number of nitrogens with zero attached hydrogens (tertiary/aromatic N) is 2. The Morgan fingerprint density at radius 1 is 1.25 bits per heavy atom. The van der Waals surface area contributed by atoms with Gasteiger partial charge in [0.2, 0.25) is 0 Å². The number of carboxylic acid groups (broad SMARTS) is 1. The predicted molar refractivity (Wildman–Crippen MR) is 73.6 cm³/mol. The number of likely N-dealkylation sites (tertiary alicyclic amines) is 1. The zero-order valence-electron chi connectivity index (χ0n) is 12.5. The second-order valence-electron chi connectivity index (χ2n) is 6.67. The van der Waals surface area contributed by atoms with E-state index in [-0.39, 0.29) is 18.7 Å². The lowest BCUT2D eigenvalue weighted by molar-refractivity contribution is -0.139. The van der Waals surface area contributed by atoms with E-state index in [9.17, 15) is 9.59 Å². The summed E-state index contributed by atoms with van der Waals surface area (Å²) in [4.78, 5) is 26.7. The summed E-state index contributed by atoms with van der Waals surface area (Å²) in [5.41, 5.74) is -0.494. The van der Waals surface area contributed by atoms with Crippen LogP contribution in [-0.2, 0) is 9.53 Å². The first-order valence-electron chi connectivity index (χ1n) is 7.22. The molecule has 20 heavy (non-hydrogen) atoms. The number of carboxylic acids is 1. The minimum Gasteiger partial charge on any atom is -0.480 e. The molecule has 2 fully saturated rings. The van der Waals surface area contributed by atoms with E-state index >= 15 is 0 Å². The summed E-state index contributed by atoms with van der Waals surface area (Å²) < 4.78 is 5.36. The molecule has 114 valence electrons. The monoisotopic (exact) mass is 284 g/mol. The molecule has 6 heteroatoms. The smallest absolute Gasteiger partial charge is 0.410 e. The molecule has 1 aliphatic carbocycles. The Bertz CT molecular complexity index is 387. The van der Waals surface area contributed by atoms with Crippen LogP contribution in [0.2, 0.25) is 0 Å². The fourth-order valence-corrected chi connectivity index (χ4v) is 2.62. The lowest BCUT2D eigenvalue weighted by Crippen LogP contribution is -2.43. The highest BCUT2D eigenvalue weighted by Gasteiger charge is 2.39. The van der Waals surface area contributed by atoms with Crippen LogP contribution < -0.4 is 0 Å². The van der Waals surface area contributed by atoms with Crippen LogP contribution in [0.15, 0.2) is 0 Å². The molecule has 1 saturated heterocycles. The minimum absolute atomic E-state index is 0.0670. The van der Waals surface area contributed by atoms with Crippen LogP contribution in [0, 0.1) is 0 Å². The maximum atomic E-state index is 12.0. The molecule has 1 saturated carbocycles. The standard InChI is InChI=1S/C14H24N2O4/c1-14(2,3)20-13(19)15-7-6-11(8-15)16(9-12(17)18)10-4-5-10/h10-11H,4-9H2,1-3H3,(H,17,18)/t11-/m0/s1. The van der Waals surface area contributed by atoms with Crippen molar-refractivity contribution in [1.82, 2.24) is 9.80 Å². The fraction of sp³-hybridized carbons (Fsp3) is 0.857. The predicted octanol–water partition coefficient (Wildman–Crippen LogP) is 1.54. The van der Waals surface area contributed by atoms with Crippen LogP contribution in [0.3, 0.4) is 0 Å². The quantitative estimate of drug-likeness (QED) is 0.848. The first-order chi connectivity index (χ1) is 9.26. The molecular formula is C14H24N2O4. The average molecular weight is 284 g/mol. The van der Waals surface area contributed by atoms with Crippen molar-refractivity contribution in [2.75, 3.05) is 19.6 Å². The first kappa shape index (κ1) is 15.1. The third-order valence-electron chi connectivity index (χ3n) is 3.62. The molecule has 2 aliphatic rings. The highest BCUT2D eigenvalue weighted by molar-refractivity contribution is 5.70. The molecule has 1 aliphatic heterocycles. The maximum Gasteiger partial charge on any atom is 0.410 e. The minimum atomic E-state index is -0.799. The van der Waals surface area contributed by atoms with Gasteiger partial charge < -0.3 is 14.7 Å². The van der Waals surface area contributed by atoms with Gasteiger partial charge in [0.1, 0.15) is 5.60 Å². The lowest BCUT2D eigenvalue weighted by Gasteiger charge is -2.28. The van der Waals surface area contributed by atoms with E-state index in [2.05, 4.69) is 0 Å². The number of amides is 1. The van der Waals surface area contributed by atoms with Gasteiger partial charge in [0.25, 0.3) is 0 Å². The number of hydrogen-bond donors (Lipinski definition) is 1. The van der Waals surface area contributed by atoms with Crippen LogP contribution in [0.4, 0.5) is 4.79 Å². The summed E-state index contributed by atoms with van der Waals surface area (Å²) in [7, 11) is 0. The van der Waals surface area contributed by atoms with Gasteiger partial charge in [0, 0.05) is 25.2 Å². The van der Waals surface area contributed by atoms with E-state index in [1.807, 2.05) is 25.7 Å². The van der Waals surface area contributed by atoms with Crippen molar-refractivity contribution >= 4 is 12.1 Å². The van der Waals surface area contributed by atoms with Crippen molar-refractivity contribution < 1.29 is 19.4 Å². The second-order valence-corrected chi connectivity index (χ2v) is 6.67. The highest BCUT2D eigenvalue weighted by Crippen LogP contribution is 2.31. The van der Waals surface area contributed by atoms with Gasteiger partial charge in [-0.1, -0.05) is 0 Å². The van der Waals surface area contributed by atoms with Crippen molar-refractivity contribution in [3.63, 3.8) is 0 Å². The molecule has 0 aromatic carbocycles. The normalized spacial score (nSPS) is 23.2. The molecular weight excluding hydrogens is 260 g/mol. The Balaban J connectivity index is 1.90. The Labute approximate surface area is 119 Å². The SMILES string of the molecule is CC(C)(C)OC(=O)N1CC[C@H](N(CC(=O)O)C2CC2)C1. The molecule has 1 heterocycles. The van der Waals surface area contributed by atoms with Crippen LogP contribution >= 0.6 is 0 Å². The van der Waals surface area contributed by atoms with E-state index in [0.717, 1.165) is 19.3 Å². The number of rotatable bonds is 4. The van der Waals surface area contributed by atoms with Crippen molar-refractivity contribution in [1.29, 1.82) is 0 Å². The van der Waals surface area contributed by atoms with Crippen molar-refractivity contribution in [2.45, 2.75) is 57.7 Å². The summed E-state index contributed by atoms with van der Waals surface area (Å²) in [6.07, 6.45) is 2.65. The van der Waals surface area contributed by atoms with E-state index < -0.39 is 11.6 Å². The molecule has 0 radical (unpaired) electrons. The van der Waals surface area contributed by atoms with Crippen LogP contribution in [-0.4, -0.2) is 64.3 Å². The van der Waals surface area contributed by atoms with Crippen molar-refractivity contribution in [3.05, 3.63) is 0 Å². The van der Waals surface area contributed by atoms with Gasteiger partial charge in [-0.2, -0.15) is 0 Å². The van der Waals surface area contributed by atoms with Gasteiger partial charge in [-0.15, -0.1) is 0 Å². The number of hydrogen-bond acceptors (Lipinski definition) is 4. The van der Waals surface area contributed by atoms with Crippen LogP contribution in [0.5, 0.6) is 0 Å². The number of aliphatic carboxylic acids is 1. The van der Waals surface area contributed by atoms with Gasteiger partial charge >= 0.3 is 12.1 Å². The molecule has 0 aromatic heterocycles. The Hall–Kier alpha value is -1.30. The Kier molecular flexibility index (Phi) is 4.22. The molecule has 0 bridgehead atoms. The van der Waals surface area contributed by atoms with Crippen LogP contribution in [0.25, 0.3) is 0 Å². The highest BCUT2D eigenvalue weighted by atomic mass is 16.6. The van der Waals surface area contributed by atoms with Gasteiger partial charge in [-0.3, -0.25) is 9.69 Å². The van der Waals surface area contributed by atoms with Crippen LogP contribution in [0.1, 0.15) is 40.0 Å². The van der Waals surface area contributed by atoms with Crippen molar-refractivity contribution in [2.24, 2.45) is 0 Å². The second kappa shape index (κ2) is 5.60. The molecule has 1 amide bonds. The van der Waals surface area contributed by atoms with Gasteiger partial charge in [-0.25, -0.2) is 4.79 Å². The first-order valence-corrected chi connectivity index (χ1v) is 7.22. The third-order valence-corrected chi connectivity index (χ3v) is 3.62. The Morgan fingerprint density at radius 3 is 2.40 bits per heavy atom. The summed E-state index contributed by atoms with van der Waals surface area (Å²) in [6, 6.07) is 0.529. The third kappa shape index (κ3) is 4.10. The molecule has 1 N–H and O–H groups in total. The molecule has 0 unspecified atom stereocenters. The maximum absolute atomic E-state index is 12.0. The molecule has 0 aromatic rings. The number of ether oxygens (including phenoxy) is 1. The molecule has 1 atom stereocenters. The van der Waals surface area contributed by atoms with Gasteiger partial charge in [-0.05, 0) is 40.0 Å². The zero-order chi connectivity index (χ0) is 14.9. The van der Waals surface area contributed by atoms with E-state index in [1.165, 1.54) is 0 Å². The number of carbonyl (C=O) groups excluding carboxylic acids is 1. The van der Waals surface area contributed by atoms with E-state index in [1.54, 1.807) is 4.90 Å². The summed E-state index contributed by atoms with van der Waals surface area (Å²) in [6.45, 7) is 6.82. The lowest BCUT2D eigenvalue weighted by atomic mass is 10.2. The van der Waals surface area contributed by atoms with E-state index in [0.29, 0.717) is 19.1 Å². The molecule has 0 spiro atoms. The topological polar surface area (TPSA) is 70.1 Å².